The van der Waals surface area contributed by atoms with Crippen LogP contribution in [0, 0.1) is 0 Å². The van der Waals surface area contributed by atoms with E-state index in [-0.39, 0.29) is 34.6 Å². The highest BCUT2D eigenvalue weighted by molar-refractivity contribution is 8.00. The van der Waals surface area contributed by atoms with Crippen molar-refractivity contribution >= 4 is 56.1 Å². The third-order valence-corrected chi connectivity index (χ3v) is 6.67. The summed E-state index contributed by atoms with van der Waals surface area (Å²) in [5, 5.41) is 12.3. The summed E-state index contributed by atoms with van der Waals surface area (Å²) in [6.45, 7) is 1.15. The molecule has 0 fully saturated rings. The quantitative estimate of drug-likeness (QED) is 0.149. The smallest absolute Gasteiger partial charge is 0.295 e. The molecule has 0 aliphatic heterocycles. The van der Waals surface area contributed by atoms with Gasteiger partial charge in [-0.2, -0.15) is 8.42 Å². The number of primary amides is 1. The molecular weight excluding hydrogens is 482 g/mol. The lowest BCUT2D eigenvalue weighted by atomic mass is 10.1. The zero-order valence-corrected chi connectivity index (χ0v) is 20.3. The molecule has 186 valence electrons. The molecule has 0 aliphatic rings. The molecule has 0 heterocycles. The Morgan fingerprint density at radius 1 is 1.03 bits per heavy atom. The summed E-state index contributed by atoms with van der Waals surface area (Å²) in [6.07, 6.45) is 0.215. The van der Waals surface area contributed by atoms with Gasteiger partial charge in [0.2, 0.25) is 17.7 Å². The Morgan fingerprint density at radius 3 is 2.41 bits per heavy atom. The van der Waals surface area contributed by atoms with Gasteiger partial charge in [-0.25, -0.2) is 0 Å². The molecule has 0 spiro atoms. The van der Waals surface area contributed by atoms with Crippen LogP contribution in [0.2, 0.25) is 0 Å². The molecule has 3 amide bonds. The number of thioether (sulfide) groups is 1. The Labute approximate surface area is 202 Å². The first-order valence-electron chi connectivity index (χ1n) is 10.4. The molecule has 0 bridgehead atoms. The summed E-state index contributed by atoms with van der Waals surface area (Å²) in [6, 6.07) is 8.78. The number of benzene rings is 2. The molecule has 2 rings (SSSR count). The molecule has 11 nitrogen and oxygen atoms in total. The normalized spacial score (nSPS) is 12.2. The summed E-state index contributed by atoms with van der Waals surface area (Å²) in [7, 11) is -2.64. The number of amides is 3. The number of hydrogen-bond donors (Lipinski definition) is 6. The molecule has 0 aliphatic carbocycles. The van der Waals surface area contributed by atoms with E-state index in [1.54, 1.807) is 31.3 Å². The second-order valence-corrected chi connectivity index (χ2v) is 9.72. The summed E-state index contributed by atoms with van der Waals surface area (Å²) in [5.74, 6) is -0.947. The van der Waals surface area contributed by atoms with Crippen molar-refractivity contribution in [3.63, 3.8) is 0 Å². The van der Waals surface area contributed by atoms with Crippen molar-refractivity contribution in [2.75, 3.05) is 43.5 Å². The monoisotopic (exact) mass is 511 g/mol. The second-order valence-electron chi connectivity index (χ2n) is 7.30. The number of carbonyl (C=O) groups excluding carboxylic acids is 3. The molecule has 2 aromatic rings. The van der Waals surface area contributed by atoms with Gasteiger partial charge in [0.15, 0.2) is 0 Å². The number of fused-ring (bicyclic) bond motifs is 1. The van der Waals surface area contributed by atoms with Crippen molar-refractivity contribution < 1.29 is 27.4 Å². The Bertz CT molecular complexity index is 1130. The van der Waals surface area contributed by atoms with Gasteiger partial charge in [-0.1, -0.05) is 24.3 Å². The van der Waals surface area contributed by atoms with Gasteiger partial charge >= 0.3 is 0 Å². The zero-order chi connectivity index (χ0) is 25.1. The fourth-order valence-corrected chi connectivity index (χ4v) is 4.67. The van der Waals surface area contributed by atoms with Crippen LogP contribution in [-0.4, -0.2) is 74.9 Å². The standard InChI is InChI=1S/C21H29N5O6S2/c1-23-9-8-19(27)26-17(21(22)29)12-33-13-20(28)25-11-10-24-16-6-2-5-15-14(16)4-3-7-18(15)34(30,31)32/h2-7,17,23-24H,8-13H2,1H3,(H2,22,29)(H,25,28)(H,26,27)(H,30,31,32). The molecule has 7 N–H and O–H groups in total. The Hall–Kier alpha value is -2.87. The van der Waals surface area contributed by atoms with E-state index in [4.69, 9.17) is 5.73 Å². The Balaban J connectivity index is 1.79. The van der Waals surface area contributed by atoms with Gasteiger partial charge in [0.1, 0.15) is 10.9 Å². The lowest BCUT2D eigenvalue weighted by Gasteiger charge is -2.15. The van der Waals surface area contributed by atoms with E-state index < -0.39 is 22.1 Å². The highest BCUT2D eigenvalue weighted by atomic mass is 32.2. The third kappa shape index (κ3) is 8.48. The van der Waals surface area contributed by atoms with Gasteiger partial charge in [0, 0.05) is 48.3 Å². The number of anilines is 1. The van der Waals surface area contributed by atoms with Crippen molar-refractivity contribution in [2.24, 2.45) is 5.73 Å². The van der Waals surface area contributed by atoms with Crippen LogP contribution in [0.15, 0.2) is 41.3 Å². The van der Waals surface area contributed by atoms with Crippen LogP contribution in [0.25, 0.3) is 10.8 Å². The molecule has 13 heteroatoms. The maximum atomic E-state index is 12.1. The first-order chi connectivity index (χ1) is 16.1. The SMILES string of the molecule is CNCCC(=O)NC(CSCC(=O)NCCNc1cccc2c(S(=O)(=O)O)cccc12)C(N)=O. The van der Waals surface area contributed by atoms with E-state index in [9.17, 15) is 27.4 Å². The predicted molar refractivity (Wildman–Crippen MR) is 132 cm³/mol. The number of carbonyl (C=O) groups is 3. The van der Waals surface area contributed by atoms with E-state index in [0.717, 1.165) is 0 Å². The first-order valence-corrected chi connectivity index (χ1v) is 13.0. The predicted octanol–water partition coefficient (Wildman–Crippen LogP) is -0.0726. The molecule has 0 radical (unpaired) electrons. The van der Waals surface area contributed by atoms with E-state index >= 15 is 0 Å². The highest BCUT2D eigenvalue weighted by Gasteiger charge is 2.18. The van der Waals surface area contributed by atoms with E-state index in [0.29, 0.717) is 36.1 Å². The summed E-state index contributed by atoms with van der Waals surface area (Å²) < 4.78 is 32.6. The Kier molecular flexibility index (Phi) is 10.6. The van der Waals surface area contributed by atoms with Gasteiger partial charge in [0.25, 0.3) is 10.1 Å². The lowest BCUT2D eigenvalue weighted by Crippen LogP contribution is -2.46. The van der Waals surface area contributed by atoms with Crippen LogP contribution in [0.3, 0.4) is 0 Å². The van der Waals surface area contributed by atoms with Crippen molar-refractivity contribution in [1.82, 2.24) is 16.0 Å². The third-order valence-electron chi connectivity index (χ3n) is 4.72. The highest BCUT2D eigenvalue weighted by Crippen LogP contribution is 2.28. The van der Waals surface area contributed by atoms with Crippen LogP contribution >= 0.6 is 11.8 Å². The lowest BCUT2D eigenvalue weighted by molar-refractivity contribution is -0.126. The van der Waals surface area contributed by atoms with Crippen LogP contribution in [-0.2, 0) is 24.5 Å². The van der Waals surface area contributed by atoms with E-state index in [2.05, 4.69) is 21.3 Å². The van der Waals surface area contributed by atoms with Crippen LogP contribution in [0.1, 0.15) is 6.42 Å². The minimum Gasteiger partial charge on any atom is -0.383 e. The average molecular weight is 512 g/mol. The van der Waals surface area contributed by atoms with Gasteiger partial charge in [-0.15, -0.1) is 11.8 Å². The molecule has 34 heavy (non-hydrogen) atoms. The van der Waals surface area contributed by atoms with Crippen molar-refractivity contribution in [3.05, 3.63) is 36.4 Å². The number of nitrogens with two attached hydrogens (primary N) is 1. The molecule has 0 aromatic heterocycles. The van der Waals surface area contributed by atoms with E-state index in [1.165, 1.54) is 23.9 Å². The summed E-state index contributed by atoms with van der Waals surface area (Å²) in [4.78, 5) is 35.2. The fraction of sp³-hybridized carbons (Fsp3) is 0.381. The maximum Gasteiger partial charge on any atom is 0.295 e. The van der Waals surface area contributed by atoms with E-state index in [1.807, 2.05) is 0 Å². The van der Waals surface area contributed by atoms with Crippen molar-refractivity contribution in [1.29, 1.82) is 0 Å². The summed E-state index contributed by atoms with van der Waals surface area (Å²) in [5.41, 5.74) is 5.98. The molecular formula is C21H29N5O6S2. The largest absolute Gasteiger partial charge is 0.383 e. The van der Waals surface area contributed by atoms with Gasteiger partial charge in [0.05, 0.1) is 5.75 Å². The van der Waals surface area contributed by atoms with Crippen LogP contribution in [0.5, 0.6) is 0 Å². The average Bonchev–Trinajstić information content (AvgIpc) is 2.78. The molecule has 2 aromatic carbocycles. The number of hydrogen-bond acceptors (Lipinski definition) is 8. The van der Waals surface area contributed by atoms with Gasteiger partial charge < -0.3 is 27.0 Å². The second kappa shape index (κ2) is 13.1. The first kappa shape index (κ1) is 27.4. The molecule has 1 unspecified atom stereocenters. The van der Waals surface area contributed by atoms with Gasteiger partial charge in [-0.3, -0.25) is 18.9 Å². The number of nitrogens with one attached hydrogen (secondary N) is 4. The Morgan fingerprint density at radius 2 is 1.74 bits per heavy atom. The molecule has 1 atom stereocenters. The zero-order valence-electron chi connectivity index (χ0n) is 18.7. The minimum atomic E-state index is -4.36. The summed E-state index contributed by atoms with van der Waals surface area (Å²) >= 11 is 1.18. The topological polar surface area (TPSA) is 180 Å². The maximum absolute atomic E-state index is 12.1. The molecule has 0 saturated carbocycles. The minimum absolute atomic E-state index is 0.0855. The van der Waals surface area contributed by atoms with Crippen molar-refractivity contribution in [3.8, 4) is 0 Å². The van der Waals surface area contributed by atoms with Gasteiger partial charge in [-0.05, 0) is 19.2 Å². The van der Waals surface area contributed by atoms with Crippen LogP contribution < -0.4 is 27.0 Å². The molecule has 0 saturated heterocycles. The van der Waals surface area contributed by atoms with Crippen LogP contribution in [0.4, 0.5) is 5.69 Å². The van der Waals surface area contributed by atoms with Crippen molar-refractivity contribution in [2.45, 2.75) is 17.4 Å². The number of rotatable bonds is 14. The fourth-order valence-electron chi connectivity index (χ4n) is 3.08.